The Labute approximate surface area is 229 Å². The molecule has 35 heavy (non-hydrogen) atoms. The first-order valence-electron chi connectivity index (χ1n) is 11.3. The molecule has 4 rings (SSSR count). The van der Waals surface area contributed by atoms with Gasteiger partial charge in [0.15, 0.2) is 11.5 Å². The molecule has 0 spiro atoms. The van der Waals surface area contributed by atoms with E-state index >= 15 is 0 Å². The van der Waals surface area contributed by atoms with Crippen LogP contribution in [0.4, 0.5) is 11.4 Å². The number of nitrogens with one attached hydrogen (secondary N) is 1. The van der Waals surface area contributed by atoms with Gasteiger partial charge in [-0.2, -0.15) is 0 Å². The highest BCUT2D eigenvalue weighted by molar-refractivity contribution is 9.10. The van der Waals surface area contributed by atoms with Crippen LogP contribution in [0.15, 0.2) is 53.0 Å². The number of benzene rings is 3. The summed E-state index contributed by atoms with van der Waals surface area (Å²) in [4.78, 5) is 2.25. The van der Waals surface area contributed by atoms with E-state index in [9.17, 15) is 0 Å². The van der Waals surface area contributed by atoms with E-state index in [-0.39, 0.29) is 0 Å². The Hall–Kier alpha value is -1.83. The van der Waals surface area contributed by atoms with Gasteiger partial charge in [0.1, 0.15) is 6.61 Å². The van der Waals surface area contributed by atoms with Crippen molar-refractivity contribution in [1.29, 1.82) is 0 Å². The van der Waals surface area contributed by atoms with Gasteiger partial charge in [-0.1, -0.05) is 56.8 Å². The average Bonchev–Trinajstić information content (AvgIpc) is 2.84. The fourth-order valence-electron chi connectivity index (χ4n) is 3.76. The van der Waals surface area contributed by atoms with E-state index in [1.165, 1.54) is 0 Å². The van der Waals surface area contributed by atoms with Gasteiger partial charge in [0.05, 0.1) is 30.5 Å². The molecule has 0 unspecified atom stereocenters. The molecule has 0 radical (unpaired) electrons. The highest BCUT2D eigenvalue weighted by Crippen LogP contribution is 2.36. The number of hydrogen-bond donors (Lipinski definition) is 1. The van der Waals surface area contributed by atoms with Crippen molar-refractivity contribution in [3.05, 3.63) is 79.2 Å². The van der Waals surface area contributed by atoms with Gasteiger partial charge in [-0.05, 0) is 55.0 Å². The van der Waals surface area contributed by atoms with E-state index in [0.29, 0.717) is 41.3 Å². The van der Waals surface area contributed by atoms with Gasteiger partial charge in [-0.15, -0.1) is 0 Å². The van der Waals surface area contributed by atoms with Crippen LogP contribution >= 0.6 is 50.7 Å². The quantitative estimate of drug-likeness (QED) is 0.271. The van der Waals surface area contributed by atoms with E-state index in [0.717, 1.165) is 58.3 Å². The molecule has 1 fully saturated rings. The van der Waals surface area contributed by atoms with Crippen molar-refractivity contribution in [2.24, 2.45) is 0 Å². The summed E-state index contributed by atoms with van der Waals surface area (Å²) in [6.07, 6.45) is 0. The van der Waals surface area contributed by atoms with Crippen LogP contribution in [0.1, 0.15) is 18.1 Å². The van der Waals surface area contributed by atoms with E-state index in [1.54, 1.807) is 12.1 Å². The predicted octanol–water partition coefficient (Wildman–Crippen LogP) is 7.84. The summed E-state index contributed by atoms with van der Waals surface area (Å²) in [6, 6.07) is 15.3. The highest BCUT2D eigenvalue weighted by atomic mass is 79.9. The van der Waals surface area contributed by atoms with Gasteiger partial charge >= 0.3 is 0 Å². The van der Waals surface area contributed by atoms with E-state index in [2.05, 4.69) is 32.2 Å². The van der Waals surface area contributed by atoms with E-state index in [4.69, 9.17) is 49.0 Å². The maximum absolute atomic E-state index is 6.58. The molecule has 1 heterocycles. The fraction of sp³-hybridized carbons (Fsp3) is 0.308. The summed E-state index contributed by atoms with van der Waals surface area (Å²) in [5, 5.41) is 5.32. The first-order chi connectivity index (χ1) is 16.9. The number of ether oxygens (including phenoxy) is 3. The Bertz CT molecular complexity index is 1170. The lowest BCUT2D eigenvalue weighted by Gasteiger charge is -2.29. The summed E-state index contributed by atoms with van der Waals surface area (Å²) >= 11 is 22.5. The first kappa shape index (κ1) is 26.2. The minimum absolute atomic E-state index is 0.300. The van der Waals surface area contributed by atoms with Crippen molar-refractivity contribution >= 4 is 62.1 Å². The summed E-state index contributed by atoms with van der Waals surface area (Å²) in [5.41, 5.74) is 3.84. The van der Waals surface area contributed by atoms with Gasteiger partial charge < -0.3 is 24.4 Å². The zero-order chi connectivity index (χ0) is 24.8. The second-order valence-corrected chi connectivity index (χ2v) is 10.1. The Balaban J connectivity index is 1.45. The number of hydrogen-bond acceptors (Lipinski definition) is 5. The standard InChI is InChI=1S/C26H26BrCl3N2O3/c1-2-34-25-11-18(21(27)14-26(25)35-16-17-3-4-19(28)12-22(17)29)15-31-20-5-6-24(23(30)13-20)32-7-9-33-10-8-32/h3-6,11-14,31H,2,7-10,15-16H2,1H3. The molecule has 1 aliphatic heterocycles. The Kier molecular flexibility index (Phi) is 9.31. The smallest absolute Gasteiger partial charge is 0.162 e. The maximum atomic E-state index is 6.58. The molecule has 0 atom stereocenters. The maximum Gasteiger partial charge on any atom is 0.162 e. The van der Waals surface area contributed by atoms with Gasteiger partial charge in [0.25, 0.3) is 0 Å². The lowest BCUT2D eigenvalue weighted by Crippen LogP contribution is -2.36. The molecule has 0 bridgehead atoms. The van der Waals surface area contributed by atoms with Crippen LogP contribution in [0.5, 0.6) is 11.5 Å². The zero-order valence-corrected chi connectivity index (χ0v) is 23.1. The lowest BCUT2D eigenvalue weighted by molar-refractivity contribution is 0.122. The first-order valence-corrected chi connectivity index (χ1v) is 13.3. The summed E-state index contributed by atoms with van der Waals surface area (Å²) in [6.45, 7) is 6.48. The third-order valence-corrected chi connectivity index (χ3v) is 7.22. The van der Waals surface area contributed by atoms with Crippen molar-refractivity contribution < 1.29 is 14.2 Å². The Morgan fingerprint density at radius 3 is 2.40 bits per heavy atom. The fourth-order valence-corrected chi connectivity index (χ4v) is 4.99. The molecular weight excluding hydrogens is 575 g/mol. The number of rotatable bonds is 9. The minimum Gasteiger partial charge on any atom is -0.490 e. The number of anilines is 2. The van der Waals surface area contributed by atoms with Crippen molar-refractivity contribution in [3.63, 3.8) is 0 Å². The Morgan fingerprint density at radius 1 is 0.914 bits per heavy atom. The molecule has 0 aromatic heterocycles. The monoisotopic (exact) mass is 598 g/mol. The van der Waals surface area contributed by atoms with Crippen LogP contribution in [0.25, 0.3) is 0 Å². The third kappa shape index (κ3) is 6.89. The van der Waals surface area contributed by atoms with Crippen LogP contribution in [-0.4, -0.2) is 32.9 Å². The molecule has 0 saturated carbocycles. The minimum atomic E-state index is 0.300. The van der Waals surface area contributed by atoms with Crippen molar-refractivity contribution in [3.8, 4) is 11.5 Å². The summed E-state index contributed by atoms with van der Waals surface area (Å²) in [5.74, 6) is 1.30. The van der Waals surface area contributed by atoms with Crippen LogP contribution in [0.2, 0.25) is 15.1 Å². The normalized spacial score (nSPS) is 13.6. The average molecular weight is 601 g/mol. The molecule has 5 nitrogen and oxygen atoms in total. The molecule has 3 aromatic rings. The van der Waals surface area contributed by atoms with Gasteiger partial charge in [-0.3, -0.25) is 0 Å². The number of halogens is 4. The van der Waals surface area contributed by atoms with Crippen molar-refractivity contribution in [1.82, 2.24) is 0 Å². The lowest BCUT2D eigenvalue weighted by atomic mass is 10.2. The van der Waals surface area contributed by atoms with Gasteiger partial charge in [0, 0.05) is 45.4 Å². The molecule has 3 aromatic carbocycles. The van der Waals surface area contributed by atoms with Crippen LogP contribution in [0.3, 0.4) is 0 Å². The summed E-state index contributed by atoms with van der Waals surface area (Å²) < 4.78 is 18.2. The van der Waals surface area contributed by atoms with Crippen LogP contribution in [-0.2, 0) is 17.9 Å². The molecular formula is C26H26BrCl3N2O3. The molecule has 1 saturated heterocycles. The van der Waals surface area contributed by atoms with Gasteiger partial charge in [-0.25, -0.2) is 0 Å². The number of morpholine rings is 1. The highest BCUT2D eigenvalue weighted by Gasteiger charge is 2.15. The second kappa shape index (κ2) is 12.4. The molecule has 0 amide bonds. The third-order valence-electron chi connectivity index (χ3n) is 5.59. The van der Waals surface area contributed by atoms with Crippen molar-refractivity contribution in [2.45, 2.75) is 20.1 Å². The molecule has 0 aliphatic carbocycles. The summed E-state index contributed by atoms with van der Waals surface area (Å²) in [7, 11) is 0. The molecule has 1 aliphatic rings. The second-order valence-electron chi connectivity index (χ2n) is 7.97. The predicted molar refractivity (Wildman–Crippen MR) is 148 cm³/mol. The van der Waals surface area contributed by atoms with Crippen LogP contribution in [0, 0.1) is 0 Å². The Morgan fingerprint density at radius 2 is 1.69 bits per heavy atom. The number of nitrogens with zero attached hydrogens (tertiary/aromatic N) is 1. The van der Waals surface area contributed by atoms with Crippen LogP contribution < -0.4 is 19.7 Å². The van der Waals surface area contributed by atoms with Gasteiger partial charge in [0.2, 0.25) is 0 Å². The molecule has 1 N–H and O–H groups in total. The largest absolute Gasteiger partial charge is 0.490 e. The van der Waals surface area contributed by atoms with E-state index < -0.39 is 0 Å². The molecule has 9 heteroatoms. The van der Waals surface area contributed by atoms with Crippen molar-refractivity contribution in [2.75, 3.05) is 43.1 Å². The zero-order valence-electron chi connectivity index (χ0n) is 19.3. The molecule has 186 valence electrons. The van der Waals surface area contributed by atoms with E-state index in [1.807, 2.05) is 37.3 Å². The topological polar surface area (TPSA) is 43.0 Å². The SMILES string of the molecule is CCOc1cc(CNc2ccc(N3CCOCC3)c(Cl)c2)c(Br)cc1OCc1ccc(Cl)cc1Cl.